The Morgan fingerprint density at radius 2 is 1.83 bits per heavy atom. The molecule has 0 fully saturated rings. The van der Waals surface area contributed by atoms with Crippen LogP contribution in [0.15, 0.2) is 64.8 Å². The third-order valence-electron chi connectivity index (χ3n) is 5.12. The number of aromatic nitrogens is 2. The van der Waals surface area contributed by atoms with Gasteiger partial charge in [-0.15, -0.1) is 12.3 Å². The monoisotopic (exact) mass is 385 g/mol. The molecule has 2 heterocycles. The molecule has 29 heavy (non-hydrogen) atoms. The number of terminal acetylenes is 1. The smallest absolute Gasteiger partial charge is 0.220 e. The first-order valence-electron chi connectivity index (χ1n) is 9.87. The molecule has 1 aliphatic heterocycles. The van der Waals surface area contributed by atoms with Crippen LogP contribution in [-0.2, 0) is 11.2 Å². The third-order valence-corrected chi connectivity index (χ3v) is 5.12. The van der Waals surface area contributed by atoms with Gasteiger partial charge in [0.1, 0.15) is 5.82 Å². The molecule has 2 aromatic carbocycles. The summed E-state index contributed by atoms with van der Waals surface area (Å²) in [6.07, 6.45) is 8.34. The Bertz CT molecular complexity index is 1070. The molecule has 1 N–H and O–H groups in total. The molecular weight excluding hydrogens is 362 g/mol. The van der Waals surface area contributed by atoms with E-state index in [-0.39, 0.29) is 11.6 Å². The normalized spacial score (nSPS) is 13.9. The minimum atomic E-state index is -0.360. The van der Waals surface area contributed by atoms with Gasteiger partial charge in [-0.25, -0.2) is 4.98 Å². The number of amides is 1. The van der Waals surface area contributed by atoms with Gasteiger partial charge in [0.25, 0.3) is 0 Å². The van der Waals surface area contributed by atoms with Gasteiger partial charge in [-0.3, -0.25) is 9.36 Å². The number of nitrogens with one attached hydrogen (secondary N) is 1. The molecule has 4 rings (SSSR count). The van der Waals surface area contributed by atoms with E-state index in [4.69, 9.17) is 11.4 Å². The zero-order valence-electron chi connectivity index (χ0n) is 16.2. The molecule has 0 saturated heterocycles. The zero-order valence-corrected chi connectivity index (χ0v) is 16.2. The van der Waals surface area contributed by atoms with E-state index in [1.54, 1.807) is 0 Å². The Labute approximate surface area is 170 Å². The predicted octanol–water partition coefficient (Wildman–Crippen LogP) is 4.04. The quantitative estimate of drug-likeness (QED) is 0.565. The van der Waals surface area contributed by atoms with Crippen molar-refractivity contribution in [1.29, 1.82) is 0 Å². The topological polar surface area (TPSA) is 71.6 Å². The summed E-state index contributed by atoms with van der Waals surface area (Å²) in [6.45, 7) is 0.547. The second kappa shape index (κ2) is 8.27. The van der Waals surface area contributed by atoms with Crippen molar-refractivity contribution in [3.05, 3.63) is 60.4 Å². The second-order valence-electron chi connectivity index (χ2n) is 7.17. The number of aryl methyl sites for hydroxylation is 1. The van der Waals surface area contributed by atoms with E-state index < -0.39 is 0 Å². The van der Waals surface area contributed by atoms with Gasteiger partial charge in [-0.05, 0) is 24.3 Å². The molecule has 0 atom stereocenters. The molecular formula is C23H23N5O. The van der Waals surface area contributed by atoms with Gasteiger partial charge in [0.2, 0.25) is 5.91 Å². The molecule has 0 radical (unpaired) electrons. The van der Waals surface area contributed by atoms with Crippen molar-refractivity contribution in [2.75, 3.05) is 6.54 Å². The van der Waals surface area contributed by atoms with Crippen LogP contribution in [-0.4, -0.2) is 27.7 Å². The van der Waals surface area contributed by atoms with E-state index in [9.17, 15) is 4.79 Å². The molecule has 0 bridgehead atoms. The van der Waals surface area contributed by atoms with E-state index in [1.165, 1.54) is 0 Å². The lowest BCUT2D eigenvalue weighted by atomic mass is 10.0. The Morgan fingerprint density at radius 3 is 2.59 bits per heavy atom. The van der Waals surface area contributed by atoms with Crippen molar-refractivity contribution in [2.24, 2.45) is 10.2 Å². The SMILES string of the molecule is C#CCCC1(CCNC(=O)CCc2nc3ccccc3n2-c2ccccc2)N=N1. The van der Waals surface area contributed by atoms with Gasteiger partial charge >= 0.3 is 0 Å². The molecule has 1 aromatic heterocycles. The fraction of sp³-hybridized carbons (Fsp3) is 0.304. The van der Waals surface area contributed by atoms with Crippen molar-refractivity contribution in [1.82, 2.24) is 14.9 Å². The summed E-state index contributed by atoms with van der Waals surface area (Å²) >= 11 is 0. The van der Waals surface area contributed by atoms with Gasteiger partial charge < -0.3 is 5.32 Å². The number of hydrogen-bond donors (Lipinski definition) is 1. The van der Waals surface area contributed by atoms with Crippen LogP contribution in [0.25, 0.3) is 16.7 Å². The van der Waals surface area contributed by atoms with Crippen molar-refractivity contribution in [3.63, 3.8) is 0 Å². The first-order chi connectivity index (χ1) is 14.2. The Kier molecular flexibility index (Phi) is 5.39. The second-order valence-corrected chi connectivity index (χ2v) is 7.17. The van der Waals surface area contributed by atoms with Gasteiger partial charge in [-0.1, -0.05) is 30.3 Å². The van der Waals surface area contributed by atoms with Crippen LogP contribution in [0.5, 0.6) is 0 Å². The highest BCUT2D eigenvalue weighted by molar-refractivity contribution is 5.79. The summed E-state index contributed by atoms with van der Waals surface area (Å²) < 4.78 is 2.12. The van der Waals surface area contributed by atoms with Crippen LogP contribution in [0.4, 0.5) is 0 Å². The van der Waals surface area contributed by atoms with Crippen molar-refractivity contribution >= 4 is 16.9 Å². The molecule has 6 nitrogen and oxygen atoms in total. The Morgan fingerprint density at radius 1 is 1.07 bits per heavy atom. The highest BCUT2D eigenvalue weighted by Gasteiger charge is 2.38. The summed E-state index contributed by atoms with van der Waals surface area (Å²) in [5, 5.41) is 11.2. The van der Waals surface area contributed by atoms with E-state index in [0.29, 0.717) is 32.2 Å². The fourth-order valence-corrected chi connectivity index (χ4v) is 3.49. The van der Waals surface area contributed by atoms with E-state index in [1.807, 2.05) is 36.4 Å². The van der Waals surface area contributed by atoms with Crippen molar-refractivity contribution < 1.29 is 4.79 Å². The number of carbonyl (C=O) groups excluding carboxylic acids is 1. The number of benzene rings is 2. The zero-order chi connectivity index (χ0) is 20.1. The van der Waals surface area contributed by atoms with Crippen molar-refractivity contribution in [3.8, 4) is 18.0 Å². The maximum Gasteiger partial charge on any atom is 0.220 e. The van der Waals surface area contributed by atoms with Gasteiger partial charge in [0, 0.05) is 44.3 Å². The minimum absolute atomic E-state index is 0.00409. The first kappa shape index (κ1) is 18.9. The Hall–Kier alpha value is -3.46. The summed E-state index contributed by atoms with van der Waals surface area (Å²) in [7, 11) is 0. The largest absolute Gasteiger partial charge is 0.356 e. The number of imidazole rings is 1. The number of hydrogen-bond acceptors (Lipinski definition) is 4. The van der Waals surface area contributed by atoms with Crippen molar-refractivity contribution in [2.45, 2.75) is 37.8 Å². The van der Waals surface area contributed by atoms with Crippen LogP contribution in [0.1, 0.15) is 31.5 Å². The number of nitrogens with zero attached hydrogens (tertiary/aromatic N) is 4. The number of para-hydroxylation sites is 3. The summed E-state index contributed by atoms with van der Waals surface area (Å²) in [5.74, 6) is 3.50. The van der Waals surface area contributed by atoms with Crippen LogP contribution < -0.4 is 5.32 Å². The van der Waals surface area contributed by atoms with Gasteiger partial charge in [-0.2, -0.15) is 10.2 Å². The first-order valence-corrected chi connectivity index (χ1v) is 9.87. The number of carbonyl (C=O) groups is 1. The molecule has 1 aliphatic rings. The van der Waals surface area contributed by atoms with E-state index >= 15 is 0 Å². The molecule has 6 heteroatoms. The maximum absolute atomic E-state index is 12.4. The standard InChI is InChI=1S/C23H23N5O/c1-2-3-15-23(26-27-23)16-17-24-22(29)14-13-21-25-19-11-7-8-12-20(19)28(21)18-9-5-4-6-10-18/h1,4-12H,3,13-17H2,(H,24,29). The average Bonchev–Trinajstić information content (AvgIpc) is 3.42. The lowest BCUT2D eigenvalue weighted by Crippen LogP contribution is -2.28. The highest BCUT2D eigenvalue weighted by Crippen LogP contribution is 2.36. The summed E-state index contributed by atoms with van der Waals surface area (Å²) in [4.78, 5) is 17.1. The molecule has 0 saturated carbocycles. The number of fused-ring (bicyclic) bond motifs is 1. The molecule has 3 aromatic rings. The minimum Gasteiger partial charge on any atom is -0.356 e. The lowest BCUT2D eigenvalue weighted by molar-refractivity contribution is -0.121. The summed E-state index contributed by atoms with van der Waals surface area (Å²) in [5.41, 5.74) is 2.66. The third kappa shape index (κ3) is 4.35. The molecule has 0 unspecified atom stereocenters. The van der Waals surface area contributed by atoms with Crippen LogP contribution in [0.2, 0.25) is 0 Å². The van der Waals surface area contributed by atoms with Gasteiger partial charge in [0.05, 0.1) is 11.0 Å². The van der Waals surface area contributed by atoms with Crippen LogP contribution >= 0.6 is 0 Å². The van der Waals surface area contributed by atoms with Crippen LogP contribution in [0, 0.1) is 12.3 Å². The maximum atomic E-state index is 12.4. The highest BCUT2D eigenvalue weighted by atomic mass is 16.1. The van der Waals surface area contributed by atoms with E-state index in [2.05, 4.69) is 44.2 Å². The molecule has 0 aliphatic carbocycles. The van der Waals surface area contributed by atoms with Gasteiger partial charge in [0.15, 0.2) is 5.66 Å². The average molecular weight is 385 g/mol. The number of rotatable bonds is 9. The summed E-state index contributed by atoms with van der Waals surface area (Å²) in [6, 6.07) is 18.1. The fourth-order valence-electron chi connectivity index (χ4n) is 3.49. The van der Waals surface area contributed by atoms with E-state index in [0.717, 1.165) is 29.0 Å². The molecule has 1 amide bonds. The molecule has 146 valence electrons. The molecule has 0 spiro atoms. The Balaban J connectivity index is 1.38. The van der Waals surface area contributed by atoms with Crippen LogP contribution in [0.3, 0.4) is 0 Å². The lowest BCUT2D eigenvalue weighted by Gasteiger charge is -2.11. The predicted molar refractivity (Wildman–Crippen MR) is 113 cm³/mol.